The Bertz CT molecular complexity index is 841. The maximum absolute atomic E-state index is 11.6. The molecule has 0 bridgehead atoms. The van der Waals surface area contributed by atoms with Crippen LogP contribution in [0.5, 0.6) is 0 Å². The van der Waals surface area contributed by atoms with Crippen molar-refractivity contribution < 1.29 is 9.45 Å². The molecule has 3 aromatic rings. The highest BCUT2D eigenvalue weighted by Crippen LogP contribution is 2.27. The van der Waals surface area contributed by atoms with Crippen LogP contribution < -0.4 is 4.66 Å². The molecule has 1 aliphatic rings. The molecule has 0 saturated carbocycles. The Morgan fingerprint density at radius 1 is 1.31 bits per heavy atom. The standard InChI is InChI=1S/C8H3N6O2/c15-5-2-1-4-3-12-8-6(4)7(5)9-13(8)10-11-14(12)16/h1-3H/q+1. The van der Waals surface area contributed by atoms with E-state index in [2.05, 4.69) is 15.5 Å². The first kappa shape index (κ1) is 7.63. The molecule has 0 unspecified atom stereocenters. The van der Waals surface area contributed by atoms with E-state index in [0.29, 0.717) is 21.4 Å². The molecule has 0 saturated heterocycles. The molecule has 8 heteroatoms. The number of carbonyl (C=O) groups is 1. The molecule has 3 heterocycles. The van der Waals surface area contributed by atoms with Crippen molar-refractivity contribution in [2.75, 3.05) is 0 Å². The Kier molecular flexibility index (Phi) is 1.02. The molecule has 0 amide bonds. The van der Waals surface area contributed by atoms with E-state index in [4.69, 9.17) is 0 Å². The zero-order chi connectivity index (χ0) is 10.9. The van der Waals surface area contributed by atoms with E-state index in [1.807, 2.05) is 0 Å². The van der Waals surface area contributed by atoms with Gasteiger partial charge in [-0.3, -0.25) is 4.79 Å². The summed E-state index contributed by atoms with van der Waals surface area (Å²) in [6.45, 7) is 0. The van der Waals surface area contributed by atoms with Gasteiger partial charge in [0.25, 0.3) is 0 Å². The summed E-state index contributed by atoms with van der Waals surface area (Å²) in [6.07, 6.45) is 4.67. The number of hydrogen-bond donors (Lipinski definition) is 0. The van der Waals surface area contributed by atoms with Crippen molar-refractivity contribution in [3.8, 4) is 0 Å². The van der Waals surface area contributed by atoms with E-state index in [-0.39, 0.29) is 5.78 Å². The lowest BCUT2D eigenvalue weighted by Gasteiger charge is -1.95. The summed E-state index contributed by atoms with van der Waals surface area (Å²) >= 11 is 0. The molecule has 8 nitrogen and oxygen atoms in total. The normalized spacial score (nSPS) is 14.4. The quantitative estimate of drug-likeness (QED) is 0.446. The maximum Gasteiger partial charge on any atom is 0.235 e. The zero-order valence-corrected chi connectivity index (χ0v) is 7.73. The van der Waals surface area contributed by atoms with Gasteiger partial charge in [-0.05, 0) is 21.7 Å². The monoisotopic (exact) mass is 215 g/mol. The van der Waals surface area contributed by atoms with Crippen molar-refractivity contribution in [2.45, 2.75) is 0 Å². The molecule has 0 radical (unpaired) electrons. The Morgan fingerprint density at radius 3 is 3.06 bits per heavy atom. The molecule has 4 rings (SSSR count). The van der Waals surface area contributed by atoms with Crippen LogP contribution in [0.4, 0.5) is 0 Å². The van der Waals surface area contributed by atoms with Gasteiger partial charge in [0.1, 0.15) is 5.69 Å². The summed E-state index contributed by atoms with van der Waals surface area (Å²) in [6, 6.07) is 0. The Morgan fingerprint density at radius 2 is 2.19 bits per heavy atom. The molecular formula is C8H3N6O2+. The average Bonchev–Trinajstić information content (AvgIpc) is 2.83. The minimum absolute atomic E-state index is 0.191. The van der Waals surface area contributed by atoms with Gasteiger partial charge in [-0.2, -0.15) is 0 Å². The Hall–Kier alpha value is -2.64. The minimum Gasteiger partial charge on any atom is -0.287 e. The van der Waals surface area contributed by atoms with Crippen LogP contribution in [0, 0.1) is 4.91 Å². The Labute approximate surface area is 86.3 Å². The fraction of sp³-hybridized carbons (Fsp3) is 0. The van der Waals surface area contributed by atoms with Gasteiger partial charge in [-0.1, -0.05) is 0 Å². The maximum atomic E-state index is 11.6. The molecule has 0 fully saturated rings. The van der Waals surface area contributed by atoms with Crippen LogP contribution in [0.1, 0.15) is 16.1 Å². The zero-order valence-electron chi connectivity index (χ0n) is 7.73. The van der Waals surface area contributed by atoms with Crippen molar-refractivity contribution >= 4 is 22.9 Å². The highest BCUT2D eigenvalue weighted by molar-refractivity contribution is 6.18. The van der Waals surface area contributed by atoms with Crippen LogP contribution in [0.25, 0.3) is 17.1 Å². The van der Waals surface area contributed by atoms with Crippen molar-refractivity contribution in [1.82, 2.24) is 24.7 Å². The molecular weight excluding hydrogens is 212 g/mol. The lowest BCUT2D eigenvalue weighted by atomic mass is 10.1. The summed E-state index contributed by atoms with van der Waals surface area (Å²) in [5.74, 6) is -0.191. The van der Waals surface area contributed by atoms with Gasteiger partial charge in [0.15, 0.2) is 0 Å². The molecule has 0 aromatic carbocycles. The van der Waals surface area contributed by atoms with E-state index in [1.54, 1.807) is 12.3 Å². The highest BCUT2D eigenvalue weighted by atomic mass is 16.3. The molecule has 0 aliphatic heterocycles. The lowest BCUT2D eigenvalue weighted by molar-refractivity contribution is -0.647. The second kappa shape index (κ2) is 2.13. The van der Waals surface area contributed by atoms with Gasteiger partial charge < -0.3 is 0 Å². The first-order chi connectivity index (χ1) is 7.75. The third-order valence-electron chi connectivity index (χ3n) is 2.64. The largest absolute Gasteiger partial charge is 0.287 e. The summed E-state index contributed by atoms with van der Waals surface area (Å²) in [7, 11) is 0. The summed E-state index contributed by atoms with van der Waals surface area (Å²) in [5.41, 5.74) is 1.54. The second-order valence-corrected chi connectivity index (χ2v) is 3.49. The molecule has 0 spiro atoms. The SMILES string of the molecule is O=C1C=Cc2cn3c4c2c1nn4nn[n+]3=O. The fourth-order valence-corrected chi connectivity index (χ4v) is 1.98. The minimum atomic E-state index is -0.191. The average molecular weight is 215 g/mol. The van der Waals surface area contributed by atoms with E-state index in [0.717, 1.165) is 5.56 Å². The number of allylic oxidation sites excluding steroid dienone is 1. The molecule has 1 aliphatic carbocycles. The number of nitrogens with zero attached hydrogens (tertiary/aromatic N) is 6. The predicted molar refractivity (Wildman–Crippen MR) is 49.7 cm³/mol. The van der Waals surface area contributed by atoms with Crippen LogP contribution in [-0.4, -0.2) is 30.5 Å². The number of aromatic nitrogens is 6. The van der Waals surface area contributed by atoms with Crippen LogP contribution in [0.3, 0.4) is 0 Å². The lowest BCUT2D eigenvalue weighted by Crippen LogP contribution is -2.32. The third-order valence-corrected chi connectivity index (χ3v) is 2.64. The fourth-order valence-electron chi connectivity index (χ4n) is 1.98. The van der Waals surface area contributed by atoms with E-state index < -0.39 is 0 Å². The predicted octanol–water partition coefficient (Wildman–Crippen LogP) is -1.06. The molecule has 0 atom stereocenters. The van der Waals surface area contributed by atoms with Crippen molar-refractivity contribution in [3.63, 3.8) is 0 Å². The number of carbonyl (C=O) groups excluding carboxylic acids is 1. The molecule has 16 heavy (non-hydrogen) atoms. The van der Waals surface area contributed by atoms with E-state index in [9.17, 15) is 9.70 Å². The molecule has 0 N–H and O–H groups in total. The van der Waals surface area contributed by atoms with Gasteiger partial charge in [-0.15, -0.1) is 9.61 Å². The third kappa shape index (κ3) is 0.649. The van der Waals surface area contributed by atoms with Crippen molar-refractivity contribution in [2.24, 2.45) is 0 Å². The van der Waals surface area contributed by atoms with Gasteiger partial charge in [-0.25, -0.2) is 0 Å². The van der Waals surface area contributed by atoms with Crippen LogP contribution in [0.2, 0.25) is 0 Å². The number of hydrogen-bond acceptors (Lipinski definition) is 5. The van der Waals surface area contributed by atoms with Crippen LogP contribution in [-0.2, 0) is 0 Å². The highest BCUT2D eigenvalue weighted by Gasteiger charge is 2.28. The van der Waals surface area contributed by atoms with Gasteiger partial charge in [0.05, 0.1) is 11.6 Å². The number of ketones is 1. The Balaban J connectivity index is 2.45. The number of rotatable bonds is 0. The first-order valence-corrected chi connectivity index (χ1v) is 4.52. The van der Waals surface area contributed by atoms with E-state index >= 15 is 0 Å². The van der Waals surface area contributed by atoms with Gasteiger partial charge in [0.2, 0.25) is 26.5 Å². The van der Waals surface area contributed by atoms with Gasteiger partial charge in [0, 0.05) is 5.56 Å². The first-order valence-electron chi connectivity index (χ1n) is 4.52. The topological polar surface area (TPSA) is 87.5 Å². The second-order valence-electron chi connectivity index (χ2n) is 3.49. The van der Waals surface area contributed by atoms with E-state index in [1.165, 1.54) is 15.2 Å². The summed E-state index contributed by atoms with van der Waals surface area (Å²) in [5, 5.41) is 11.6. The van der Waals surface area contributed by atoms with Crippen LogP contribution >= 0.6 is 0 Å². The van der Waals surface area contributed by atoms with Crippen molar-refractivity contribution in [1.29, 1.82) is 0 Å². The van der Waals surface area contributed by atoms with Crippen LogP contribution in [0.15, 0.2) is 12.3 Å². The summed E-state index contributed by atoms with van der Waals surface area (Å²) in [4.78, 5) is 23.0. The summed E-state index contributed by atoms with van der Waals surface area (Å²) < 4.78 is 2.80. The molecule has 3 aromatic heterocycles. The molecule has 76 valence electrons. The van der Waals surface area contributed by atoms with Crippen molar-refractivity contribution in [3.05, 3.63) is 28.4 Å². The smallest absolute Gasteiger partial charge is 0.235 e. The van der Waals surface area contributed by atoms with Gasteiger partial charge >= 0.3 is 0 Å².